The third-order valence-corrected chi connectivity index (χ3v) is 3.16. The smallest absolute Gasteiger partial charge is 0.142 e. The molecule has 2 rings (SSSR count). The highest BCUT2D eigenvalue weighted by Crippen LogP contribution is 2.21. The fraction of sp³-hybridized carbons (Fsp3) is 0.214. The third kappa shape index (κ3) is 3.28. The molecule has 18 heavy (non-hydrogen) atoms. The molecule has 0 saturated carbocycles. The first-order valence-electron chi connectivity index (χ1n) is 5.74. The van der Waals surface area contributed by atoms with Crippen molar-refractivity contribution in [3.8, 4) is 0 Å². The summed E-state index contributed by atoms with van der Waals surface area (Å²) in [7, 11) is 0. The Morgan fingerprint density at radius 2 is 2.06 bits per heavy atom. The number of benzene rings is 1. The molecular weight excluding hydrogens is 251 g/mol. The molecule has 2 aromatic rings. The second-order valence-electron chi connectivity index (χ2n) is 4.24. The summed E-state index contributed by atoms with van der Waals surface area (Å²) in [6, 6.07) is 8.53. The lowest BCUT2D eigenvalue weighted by Gasteiger charge is -2.12. The highest BCUT2D eigenvalue weighted by Gasteiger charge is 2.10. The summed E-state index contributed by atoms with van der Waals surface area (Å²) in [4.78, 5) is 4.03. The predicted molar refractivity (Wildman–Crippen MR) is 71.0 cm³/mol. The van der Waals surface area contributed by atoms with Crippen molar-refractivity contribution in [2.45, 2.75) is 18.9 Å². The first-order valence-corrected chi connectivity index (χ1v) is 6.12. The van der Waals surface area contributed by atoms with Gasteiger partial charge in [0, 0.05) is 18.4 Å². The second-order valence-corrected chi connectivity index (χ2v) is 4.62. The Balaban J connectivity index is 2.03. The van der Waals surface area contributed by atoms with Crippen LogP contribution in [0.4, 0.5) is 4.39 Å². The van der Waals surface area contributed by atoms with E-state index in [1.165, 1.54) is 6.07 Å². The van der Waals surface area contributed by atoms with E-state index in [1.54, 1.807) is 24.5 Å². The molecule has 1 heterocycles. The van der Waals surface area contributed by atoms with Gasteiger partial charge in [-0.15, -0.1) is 0 Å². The molecule has 0 aliphatic heterocycles. The number of hydrogen-bond donors (Lipinski definition) is 1. The Morgan fingerprint density at radius 1 is 1.22 bits per heavy atom. The molecule has 1 aromatic heterocycles. The lowest BCUT2D eigenvalue weighted by molar-refractivity contribution is 0.618. The predicted octanol–water partition coefficient (Wildman–Crippen LogP) is 2.99. The van der Waals surface area contributed by atoms with Gasteiger partial charge < -0.3 is 5.73 Å². The second kappa shape index (κ2) is 5.94. The van der Waals surface area contributed by atoms with Crippen LogP contribution < -0.4 is 5.73 Å². The number of nitrogens with zero attached hydrogens (tertiary/aromatic N) is 1. The molecule has 0 bridgehead atoms. The lowest BCUT2D eigenvalue weighted by Crippen LogP contribution is -2.25. The zero-order chi connectivity index (χ0) is 13.0. The maximum atomic E-state index is 13.3. The van der Waals surface area contributed by atoms with Gasteiger partial charge in [0.15, 0.2) is 0 Å². The van der Waals surface area contributed by atoms with Gasteiger partial charge in [0.1, 0.15) is 5.82 Å². The van der Waals surface area contributed by atoms with E-state index >= 15 is 0 Å². The maximum Gasteiger partial charge on any atom is 0.142 e. The monoisotopic (exact) mass is 264 g/mol. The van der Waals surface area contributed by atoms with Crippen molar-refractivity contribution >= 4 is 11.6 Å². The van der Waals surface area contributed by atoms with E-state index in [1.807, 2.05) is 12.1 Å². The van der Waals surface area contributed by atoms with Gasteiger partial charge in [0.2, 0.25) is 0 Å². The molecule has 0 spiro atoms. The van der Waals surface area contributed by atoms with Gasteiger partial charge in [-0.2, -0.15) is 0 Å². The Kier molecular flexibility index (Phi) is 4.28. The number of rotatable bonds is 4. The molecule has 2 N–H and O–H groups in total. The number of pyridine rings is 1. The Bertz CT molecular complexity index is 516. The zero-order valence-corrected chi connectivity index (χ0v) is 10.6. The Morgan fingerprint density at radius 3 is 2.78 bits per heavy atom. The Labute approximate surface area is 111 Å². The molecule has 0 saturated heterocycles. The van der Waals surface area contributed by atoms with Crippen LogP contribution >= 0.6 is 11.6 Å². The highest BCUT2D eigenvalue weighted by atomic mass is 35.5. The number of hydrogen-bond acceptors (Lipinski definition) is 2. The van der Waals surface area contributed by atoms with Crippen LogP contribution in [0.2, 0.25) is 5.02 Å². The van der Waals surface area contributed by atoms with E-state index < -0.39 is 5.82 Å². The van der Waals surface area contributed by atoms with Crippen molar-refractivity contribution in [3.63, 3.8) is 0 Å². The third-order valence-electron chi connectivity index (χ3n) is 2.73. The average Bonchev–Trinajstić information content (AvgIpc) is 2.36. The van der Waals surface area contributed by atoms with Crippen LogP contribution in [0.1, 0.15) is 11.1 Å². The summed E-state index contributed by atoms with van der Waals surface area (Å²) in [5.74, 6) is -0.400. The summed E-state index contributed by atoms with van der Waals surface area (Å²) in [6.07, 6.45) is 4.75. The summed E-state index contributed by atoms with van der Waals surface area (Å²) in [5.41, 5.74) is 7.86. The molecule has 94 valence electrons. The van der Waals surface area contributed by atoms with Crippen molar-refractivity contribution < 1.29 is 4.39 Å². The van der Waals surface area contributed by atoms with Crippen LogP contribution in [-0.4, -0.2) is 11.0 Å². The summed E-state index contributed by atoms with van der Waals surface area (Å²) >= 11 is 5.90. The van der Waals surface area contributed by atoms with Crippen LogP contribution in [0, 0.1) is 5.82 Å². The first kappa shape index (κ1) is 13.0. The molecule has 0 fully saturated rings. The number of nitrogens with two attached hydrogens (primary N) is 1. The van der Waals surface area contributed by atoms with Crippen molar-refractivity contribution in [1.82, 2.24) is 4.98 Å². The van der Waals surface area contributed by atoms with Crippen molar-refractivity contribution in [2.75, 3.05) is 0 Å². The van der Waals surface area contributed by atoms with Crippen molar-refractivity contribution in [2.24, 2.45) is 5.73 Å². The van der Waals surface area contributed by atoms with E-state index in [2.05, 4.69) is 4.98 Å². The summed E-state index contributed by atoms with van der Waals surface area (Å²) in [5, 5.41) is 0.166. The normalized spacial score (nSPS) is 12.4. The van der Waals surface area contributed by atoms with Gasteiger partial charge in [-0.3, -0.25) is 4.98 Å². The first-order chi connectivity index (χ1) is 8.66. The van der Waals surface area contributed by atoms with Gasteiger partial charge in [0.25, 0.3) is 0 Å². The highest BCUT2D eigenvalue weighted by molar-refractivity contribution is 6.31. The fourth-order valence-corrected chi connectivity index (χ4v) is 2.09. The largest absolute Gasteiger partial charge is 0.327 e. The number of aromatic nitrogens is 1. The molecule has 0 amide bonds. The maximum absolute atomic E-state index is 13.3. The van der Waals surface area contributed by atoms with Crippen LogP contribution in [0.5, 0.6) is 0 Å². The molecule has 0 radical (unpaired) electrons. The topological polar surface area (TPSA) is 38.9 Å². The lowest BCUT2D eigenvalue weighted by atomic mass is 10.0. The van der Waals surface area contributed by atoms with Crippen LogP contribution in [0.3, 0.4) is 0 Å². The molecule has 1 atom stereocenters. The van der Waals surface area contributed by atoms with Gasteiger partial charge in [-0.05, 0) is 36.1 Å². The van der Waals surface area contributed by atoms with E-state index in [4.69, 9.17) is 17.3 Å². The molecule has 1 unspecified atom stereocenters. The molecule has 0 aliphatic rings. The molecule has 1 aromatic carbocycles. The standard InChI is InChI=1S/C14H14ClFN2/c15-14-11(4-1-5-13(14)16)8-12(17)7-10-3-2-6-18-9-10/h1-6,9,12H,7-8,17H2. The Hall–Kier alpha value is -1.45. The number of halogens is 2. The van der Waals surface area contributed by atoms with Crippen LogP contribution in [0.25, 0.3) is 0 Å². The van der Waals surface area contributed by atoms with Crippen molar-refractivity contribution in [3.05, 3.63) is 64.7 Å². The summed E-state index contributed by atoms with van der Waals surface area (Å²) < 4.78 is 13.3. The van der Waals surface area contributed by atoms with Gasteiger partial charge in [-0.25, -0.2) is 4.39 Å². The minimum atomic E-state index is -0.400. The van der Waals surface area contributed by atoms with E-state index in [0.29, 0.717) is 12.8 Å². The quantitative estimate of drug-likeness (QED) is 0.922. The minimum Gasteiger partial charge on any atom is -0.327 e. The average molecular weight is 265 g/mol. The molecule has 2 nitrogen and oxygen atoms in total. The van der Waals surface area contributed by atoms with Gasteiger partial charge in [-0.1, -0.05) is 29.8 Å². The minimum absolute atomic E-state index is 0.103. The zero-order valence-electron chi connectivity index (χ0n) is 9.81. The molecule has 4 heteroatoms. The fourth-order valence-electron chi connectivity index (χ4n) is 1.88. The van der Waals surface area contributed by atoms with E-state index in [9.17, 15) is 4.39 Å². The van der Waals surface area contributed by atoms with Gasteiger partial charge >= 0.3 is 0 Å². The van der Waals surface area contributed by atoms with Crippen LogP contribution in [-0.2, 0) is 12.8 Å². The van der Waals surface area contributed by atoms with Crippen LogP contribution in [0.15, 0.2) is 42.7 Å². The van der Waals surface area contributed by atoms with E-state index in [0.717, 1.165) is 11.1 Å². The SMILES string of the molecule is NC(Cc1cccnc1)Cc1cccc(F)c1Cl. The van der Waals surface area contributed by atoms with Gasteiger partial charge in [0.05, 0.1) is 5.02 Å². The van der Waals surface area contributed by atoms with Crippen molar-refractivity contribution in [1.29, 1.82) is 0 Å². The molecular formula is C14H14ClFN2. The summed E-state index contributed by atoms with van der Waals surface area (Å²) in [6.45, 7) is 0. The molecule has 0 aliphatic carbocycles. The van der Waals surface area contributed by atoms with E-state index in [-0.39, 0.29) is 11.1 Å².